The smallest absolute Gasteiger partial charge is 0.327 e. The zero-order valence-electron chi connectivity index (χ0n) is 14.7. The minimum atomic E-state index is -1.02. The number of piperazine rings is 1. The Morgan fingerprint density at radius 1 is 1.12 bits per heavy atom. The fourth-order valence-corrected chi connectivity index (χ4v) is 3.60. The van der Waals surface area contributed by atoms with Crippen LogP contribution in [0.5, 0.6) is 0 Å². The molecule has 0 unspecified atom stereocenters. The average molecular weight is 357 g/mol. The summed E-state index contributed by atoms with van der Waals surface area (Å²) in [6.07, 6.45) is 4.81. The number of likely N-dealkylation sites (N-methyl/N-ethyl adjacent to an activating group) is 1. The summed E-state index contributed by atoms with van der Waals surface area (Å²) in [4.78, 5) is 40.7. The minimum Gasteiger partial charge on any atom is -0.480 e. The lowest BCUT2D eigenvalue weighted by Gasteiger charge is -2.45. The van der Waals surface area contributed by atoms with Gasteiger partial charge in [-0.2, -0.15) is 0 Å². The Hall–Kier alpha value is -2.67. The van der Waals surface area contributed by atoms with Crippen molar-refractivity contribution in [3.05, 3.63) is 48.0 Å². The molecule has 1 aromatic carbocycles. The summed E-state index contributed by atoms with van der Waals surface area (Å²) in [5, 5.41) is 12.4. The summed E-state index contributed by atoms with van der Waals surface area (Å²) in [5.74, 6) is -1.69. The molecule has 2 aliphatic heterocycles. The first-order valence-electron chi connectivity index (χ1n) is 8.72. The van der Waals surface area contributed by atoms with Crippen molar-refractivity contribution in [3.8, 4) is 0 Å². The number of carboxylic acid groups (broad SMARTS) is 1. The van der Waals surface area contributed by atoms with Crippen LogP contribution in [0.25, 0.3) is 0 Å². The second kappa shape index (κ2) is 7.70. The van der Waals surface area contributed by atoms with Crippen LogP contribution in [0.15, 0.2) is 42.5 Å². The van der Waals surface area contributed by atoms with Crippen LogP contribution in [0.4, 0.5) is 0 Å². The summed E-state index contributed by atoms with van der Waals surface area (Å²) < 4.78 is 0. The van der Waals surface area contributed by atoms with Crippen LogP contribution in [0.1, 0.15) is 23.2 Å². The van der Waals surface area contributed by atoms with E-state index in [4.69, 9.17) is 0 Å². The predicted octanol–water partition coefficient (Wildman–Crippen LogP) is 0.731. The summed E-state index contributed by atoms with van der Waals surface area (Å²) in [6.45, 7) is 0.889. The lowest BCUT2D eigenvalue weighted by Crippen LogP contribution is -2.65. The Morgan fingerprint density at radius 3 is 2.50 bits per heavy atom. The molecule has 2 heterocycles. The van der Waals surface area contributed by atoms with E-state index in [1.807, 2.05) is 30.2 Å². The number of nitrogens with one attached hydrogen (secondary N) is 1. The van der Waals surface area contributed by atoms with E-state index in [1.54, 1.807) is 24.3 Å². The summed E-state index contributed by atoms with van der Waals surface area (Å²) >= 11 is 0. The summed E-state index contributed by atoms with van der Waals surface area (Å²) in [5.41, 5.74) is 0.469. The molecule has 0 radical (unpaired) electrons. The fourth-order valence-electron chi connectivity index (χ4n) is 3.60. The number of hydrogen-bond donors (Lipinski definition) is 2. The van der Waals surface area contributed by atoms with Crippen LogP contribution in [0, 0.1) is 0 Å². The Balaban J connectivity index is 1.84. The molecule has 0 saturated carbocycles. The van der Waals surface area contributed by atoms with E-state index in [-0.39, 0.29) is 24.4 Å². The third-order valence-corrected chi connectivity index (χ3v) is 4.86. The number of nitrogens with zero attached hydrogens (tertiary/aromatic N) is 2. The Kier molecular flexibility index (Phi) is 5.37. The van der Waals surface area contributed by atoms with Gasteiger partial charge in [-0.05, 0) is 32.0 Å². The van der Waals surface area contributed by atoms with E-state index in [2.05, 4.69) is 5.32 Å². The molecule has 2 N–H and O–H groups in total. The van der Waals surface area contributed by atoms with Crippen LogP contribution < -0.4 is 5.32 Å². The number of carbonyl (C=O) groups is 3. The van der Waals surface area contributed by atoms with Gasteiger partial charge in [0.1, 0.15) is 12.1 Å². The molecule has 7 heteroatoms. The third kappa shape index (κ3) is 3.77. The second-order valence-electron chi connectivity index (χ2n) is 6.81. The number of carbonyl (C=O) groups excluding carboxylic acids is 2. The molecule has 3 rings (SSSR count). The molecule has 7 nitrogen and oxygen atoms in total. The fraction of sp³-hybridized carbons (Fsp3) is 0.421. The van der Waals surface area contributed by atoms with Crippen molar-refractivity contribution < 1.29 is 19.5 Å². The maximum Gasteiger partial charge on any atom is 0.327 e. The largest absolute Gasteiger partial charge is 0.480 e. The molecule has 1 fully saturated rings. The van der Waals surface area contributed by atoms with Gasteiger partial charge in [-0.15, -0.1) is 0 Å². The van der Waals surface area contributed by atoms with E-state index in [9.17, 15) is 19.5 Å². The molecular formula is C19H23N3O4. The van der Waals surface area contributed by atoms with Gasteiger partial charge in [0.2, 0.25) is 5.91 Å². The van der Waals surface area contributed by atoms with Crippen molar-refractivity contribution in [1.29, 1.82) is 0 Å². The monoisotopic (exact) mass is 357 g/mol. The number of aliphatic carboxylic acids is 1. The van der Waals surface area contributed by atoms with Gasteiger partial charge in [-0.25, -0.2) is 4.79 Å². The topological polar surface area (TPSA) is 90.0 Å². The maximum atomic E-state index is 13.1. The first-order valence-corrected chi connectivity index (χ1v) is 8.72. The number of benzene rings is 1. The molecule has 2 aliphatic rings. The lowest BCUT2D eigenvalue weighted by molar-refractivity contribution is -0.157. The molecular weight excluding hydrogens is 334 g/mol. The molecule has 138 valence electrons. The molecule has 1 aromatic rings. The van der Waals surface area contributed by atoms with Gasteiger partial charge in [0.25, 0.3) is 5.91 Å². The van der Waals surface area contributed by atoms with Crippen molar-refractivity contribution in [2.24, 2.45) is 0 Å². The third-order valence-electron chi connectivity index (χ3n) is 4.86. The van der Waals surface area contributed by atoms with Crippen LogP contribution in [-0.2, 0) is 9.59 Å². The normalized spacial score (nSPS) is 26.6. The summed E-state index contributed by atoms with van der Waals surface area (Å²) in [6, 6.07) is 6.79. The molecule has 26 heavy (non-hydrogen) atoms. The zero-order valence-corrected chi connectivity index (χ0v) is 14.7. The minimum absolute atomic E-state index is 0.213. The Labute approximate surface area is 152 Å². The van der Waals surface area contributed by atoms with Gasteiger partial charge in [0.05, 0.1) is 0 Å². The number of fused-ring (bicyclic) bond motifs is 1. The summed E-state index contributed by atoms with van der Waals surface area (Å²) in [7, 11) is 1.86. The molecule has 2 amide bonds. The van der Waals surface area contributed by atoms with Crippen LogP contribution in [0.2, 0.25) is 0 Å². The van der Waals surface area contributed by atoms with Gasteiger partial charge in [0, 0.05) is 24.7 Å². The zero-order chi connectivity index (χ0) is 18.7. The SMILES string of the molecule is CN1C[C@@H]2CC=CC[C@H](NC(=O)c3ccccc3)C(=O)N2[C@H](C(=O)O)C1. The highest BCUT2D eigenvalue weighted by molar-refractivity contribution is 5.98. The molecule has 0 aliphatic carbocycles. The highest BCUT2D eigenvalue weighted by Gasteiger charge is 2.42. The van der Waals surface area contributed by atoms with Crippen molar-refractivity contribution in [1.82, 2.24) is 15.1 Å². The van der Waals surface area contributed by atoms with Crippen molar-refractivity contribution in [3.63, 3.8) is 0 Å². The van der Waals surface area contributed by atoms with Crippen LogP contribution >= 0.6 is 0 Å². The molecule has 1 saturated heterocycles. The standard InChI is InChI=1S/C19H23N3O4/c1-21-11-14-9-5-6-10-15(18(24)22(14)16(12-21)19(25)26)20-17(23)13-7-3-2-4-8-13/h2-8,14-16H,9-12H2,1H3,(H,20,23)(H,25,26)/t14-,15-,16-/m0/s1. The maximum absolute atomic E-state index is 13.1. The molecule has 0 bridgehead atoms. The van der Waals surface area contributed by atoms with Gasteiger partial charge < -0.3 is 20.2 Å². The molecule has 0 aromatic heterocycles. The quantitative estimate of drug-likeness (QED) is 0.779. The van der Waals surface area contributed by atoms with Crippen molar-refractivity contribution in [2.45, 2.75) is 31.0 Å². The van der Waals surface area contributed by atoms with Crippen LogP contribution in [-0.4, -0.2) is 71.0 Å². The highest BCUT2D eigenvalue weighted by Crippen LogP contribution is 2.22. The lowest BCUT2D eigenvalue weighted by atomic mass is 9.97. The van der Waals surface area contributed by atoms with Gasteiger partial charge >= 0.3 is 5.97 Å². The highest BCUT2D eigenvalue weighted by atomic mass is 16.4. The molecule has 0 spiro atoms. The number of hydrogen-bond acceptors (Lipinski definition) is 4. The first kappa shape index (κ1) is 18.1. The molecule has 3 atom stereocenters. The first-order chi connectivity index (χ1) is 12.5. The van der Waals surface area contributed by atoms with Crippen molar-refractivity contribution in [2.75, 3.05) is 20.1 Å². The van der Waals surface area contributed by atoms with Gasteiger partial charge in [0.15, 0.2) is 0 Å². The van der Waals surface area contributed by atoms with E-state index in [0.717, 1.165) is 0 Å². The van der Waals surface area contributed by atoms with E-state index in [0.29, 0.717) is 24.9 Å². The van der Waals surface area contributed by atoms with Crippen molar-refractivity contribution >= 4 is 17.8 Å². The van der Waals surface area contributed by atoms with E-state index in [1.165, 1.54) is 4.90 Å². The number of rotatable bonds is 3. The predicted molar refractivity (Wildman–Crippen MR) is 95.6 cm³/mol. The second-order valence-corrected chi connectivity index (χ2v) is 6.81. The average Bonchev–Trinajstić information content (AvgIpc) is 2.62. The Morgan fingerprint density at radius 2 is 1.81 bits per heavy atom. The van der Waals surface area contributed by atoms with Gasteiger partial charge in [-0.3, -0.25) is 9.59 Å². The number of amides is 2. The Bertz CT molecular complexity index is 719. The van der Waals surface area contributed by atoms with E-state index >= 15 is 0 Å². The van der Waals surface area contributed by atoms with E-state index < -0.39 is 18.1 Å². The number of carboxylic acids is 1. The van der Waals surface area contributed by atoms with Gasteiger partial charge in [-0.1, -0.05) is 30.4 Å². The van der Waals surface area contributed by atoms with Crippen LogP contribution in [0.3, 0.4) is 0 Å².